The zero-order chi connectivity index (χ0) is 15.0. The maximum Gasteiger partial charge on any atom is 0.191 e. The second-order valence-corrected chi connectivity index (χ2v) is 4.85. The first-order valence-electron chi connectivity index (χ1n) is 6.54. The fourth-order valence-corrected chi connectivity index (χ4v) is 1.86. The van der Waals surface area contributed by atoms with Crippen LogP contribution in [0.2, 0.25) is 5.02 Å². The number of aliphatic imine (C=N–C) groups is 1. The van der Waals surface area contributed by atoms with Crippen molar-refractivity contribution in [2.75, 3.05) is 20.3 Å². The third-order valence-corrected chi connectivity index (χ3v) is 2.84. The Bertz CT molecular complexity index is 460. The smallest absolute Gasteiger partial charge is 0.191 e. The molecule has 0 fully saturated rings. The van der Waals surface area contributed by atoms with Gasteiger partial charge >= 0.3 is 0 Å². The van der Waals surface area contributed by atoms with Crippen LogP contribution in [0.3, 0.4) is 0 Å². The zero-order valence-corrected chi connectivity index (χ0v) is 15.5. The summed E-state index contributed by atoms with van der Waals surface area (Å²) in [6.45, 7) is 5.77. The molecular formula is C14H22ClFIN3O. The quantitative estimate of drug-likeness (QED) is 0.415. The topological polar surface area (TPSA) is 45.7 Å². The first-order chi connectivity index (χ1) is 9.56. The first-order valence-corrected chi connectivity index (χ1v) is 6.92. The van der Waals surface area contributed by atoms with Crippen LogP contribution < -0.4 is 10.6 Å². The Morgan fingerprint density at radius 2 is 2.19 bits per heavy atom. The number of nitrogens with zero attached hydrogens (tertiary/aromatic N) is 1. The number of methoxy groups -OCH3 is 1. The van der Waals surface area contributed by atoms with Crippen LogP contribution in [0.4, 0.5) is 4.39 Å². The third kappa shape index (κ3) is 7.82. The van der Waals surface area contributed by atoms with E-state index >= 15 is 0 Å². The van der Waals surface area contributed by atoms with Gasteiger partial charge in [-0.2, -0.15) is 0 Å². The monoisotopic (exact) mass is 429 g/mol. The van der Waals surface area contributed by atoms with Crippen molar-refractivity contribution in [3.63, 3.8) is 0 Å². The molecule has 0 amide bonds. The average molecular weight is 430 g/mol. The summed E-state index contributed by atoms with van der Waals surface area (Å²) < 4.78 is 18.1. The highest BCUT2D eigenvalue weighted by Gasteiger charge is 2.05. The Morgan fingerprint density at radius 3 is 2.76 bits per heavy atom. The number of hydrogen-bond acceptors (Lipinski definition) is 2. The Hall–Kier alpha value is -0.600. The van der Waals surface area contributed by atoms with Gasteiger partial charge in [-0.1, -0.05) is 17.7 Å². The van der Waals surface area contributed by atoms with Crippen molar-refractivity contribution in [2.45, 2.75) is 26.4 Å². The molecule has 0 heterocycles. The van der Waals surface area contributed by atoms with Crippen molar-refractivity contribution in [3.05, 3.63) is 34.6 Å². The summed E-state index contributed by atoms with van der Waals surface area (Å²) in [7, 11) is 1.66. The Morgan fingerprint density at radius 1 is 1.48 bits per heavy atom. The van der Waals surface area contributed by atoms with Crippen LogP contribution in [0.25, 0.3) is 0 Å². The summed E-state index contributed by atoms with van der Waals surface area (Å²) in [5.74, 6) is 0.274. The van der Waals surface area contributed by atoms with Crippen LogP contribution in [-0.2, 0) is 11.3 Å². The normalized spacial score (nSPS) is 12.5. The molecule has 0 aliphatic heterocycles. The average Bonchev–Trinajstić information content (AvgIpc) is 2.40. The standard InChI is InChI=1S/C14H21ClFN3O.HI/c1-4-17-14(19-10(2)9-20-3)18-8-11-5-6-13(16)12(15)7-11;/h5-7,10H,4,8-9H2,1-3H3,(H2,17,18,19);1H. The van der Waals surface area contributed by atoms with E-state index in [0.29, 0.717) is 19.1 Å². The minimum atomic E-state index is -0.418. The summed E-state index contributed by atoms with van der Waals surface area (Å²) in [5.41, 5.74) is 0.855. The van der Waals surface area contributed by atoms with Gasteiger partial charge in [0.1, 0.15) is 5.82 Å². The van der Waals surface area contributed by atoms with Gasteiger partial charge in [0.2, 0.25) is 0 Å². The molecule has 1 atom stereocenters. The largest absolute Gasteiger partial charge is 0.383 e. The van der Waals surface area contributed by atoms with E-state index in [2.05, 4.69) is 15.6 Å². The van der Waals surface area contributed by atoms with E-state index in [0.717, 1.165) is 12.1 Å². The van der Waals surface area contributed by atoms with Crippen LogP contribution in [0.5, 0.6) is 0 Å². The van der Waals surface area contributed by atoms with E-state index in [4.69, 9.17) is 16.3 Å². The van der Waals surface area contributed by atoms with Gasteiger partial charge in [0, 0.05) is 19.7 Å². The molecule has 2 N–H and O–H groups in total. The molecule has 1 unspecified atom stereocenters. The van der Waals surface area contributed by atoms with Crippen molar-refractivity contribution < 1.29 is 9.13 Å². The van der Waals surface area contributed by atoms with E-state index in [-0.39, 0.29) is 35.0 Å². The molecule has 1 aromatic rings. The Labute approximate surface area is 147 Å². The van der Waals surface area contributed by atoms with Gasteiger partial charge < -0.3 is 15.4 Å². The van der Waals surface area contributed by atoms with Crippen LogP contribution in [0.15, 0.2) is 23.2 Å². The maximum atomic E-state index is 13.1. The minimum Gasteiger partial charge on any atom is -0.383 e. The zero-order valence-electron chi connectivity index (χ0n) is 12.5. The predicted octanol–water partition coefficient (Wildman–Crippen LogP) is 3.19. The molecule has 1 rings (SSSR count). The van der Waals surface area contributed by atoms with Gasteiger partial charge in [-0.3, -0.25) is 0 Å². The Balaban J connectivity index is 0.00000400. The highest BCUT2D eigenvalue weighted by atomic mass is 127. The lowest BCUT2D eigenvalue weighted by Gasteiger charge is -2.17. The SMILES string of the molecule is CCNC(=NCc1ccc(F)c(Cl)c1)NC(C)COC.I. The molecule has 0 aliphatic rings. The molecule has 0 aliphatic carbocycles. The van der Waals surface area contributed by atoms with Crippen molar-refractivity contribution in [1.29, 1.82) is 0 Å². The molecular weight excluding hydrogens is 408 g/mol. The molecule has 0 spiro atoms. The van der Waals surface area contributed by atoms with Crippen molar-refractivity contribution in [2.24, 2.45) is 4.99 Å². The number of rotatable bonds is 6. The highest BCUT2D eigenvalue weighted by molar-refractivity contribution is 14.0. The fraction of sp³-hybridized carbons (Fsp3) is 0.500. The minimum absolute atomic E-state index is 0. The molecule has 4 nitrogen and oxygen atoms in total. The van der Waals surface area contributed by atoms with E-state index in [1.165, 1.54) is 6.07 Å². The summed E-state index contributed by atoms with van der Waals surface area (Å²) in [4.78, 5) is 4.43. The van der Waals surface area contributed by atoms with Gasteiger partial charge in [-0.15, -0.1) is 24.0 Å². The molecule has 0 radical (unpaired) electrons. The number of hydrogen-bond donors (Lipinski definition) is 2. The molecule has 21 heavy (non-hydrogen) atoms. The molecule has 0 saturated heterocycles. The number of benzene rings is 1. The van der Waals surface area contributed by atoms with Crippen LogP contribution >= 0.6 is 35.6 Å². The highest BCUT2D eigenvalue weighted by Crippen LogP contribution is 2.16. The molecule has 0 bridgehead atoms. The molecule has 1 aromatic carbocycles. The van der Waals surface area contributed by atoms with Crippen LogP contribution in [0, 0.1) is 5.82 Å². The van der Waals surface area contributed by atoms with E-state index < -0.39 is 5.82 Å². The summed E-state index contributed by atoms with van der Waals surface area (Å²) >= 11 is 5.74. The van der Waals surface area contributed by atoms with E-state index in [1.807, 2.05) is 13.8 Å². The van der Waals surface area contributed by atoms with Gasteiger partial charge in [0.25, 0.3) is 0 Å². The predicted molar refractivity (Wildman–Crippen MR) is 96.1 cm³/mol. The maximum absolute atomic E-state index is 13.1. The third-order valence-electron chi connectivity index (χ3n) is 2.55. The second-order valence-electron chi connectivity index (χ2n) is 4.44. The van der Waals surface area contributed by atoms with Gasteiger partial charge in [-0.25, -0.2) is 9.38 Å². The molecule has 7 heteroatoms. The van der Waals surface area contributed by atoms with Crippen molar-refractivity contribution in [1.82, 2.24) is 10.6 Å². The fourth-order valence-electron chi connectivity index (χ4n) is 1.65. The van der Waals surface area contributed by atoms with Crippen LogP contribution in [0.1, 0.15) is 19.4 Å². The lowest BCUT2D eigenvalue weighted by atomic mass is 10.2. The number of nitrogens with one attached hydrogen (secondary N) is 2. The number of ether oxygens (including phenoxy) is 1. The molecule has 0 saturated carbocycles. The Kier molecular flexibility index (Phi) is 10.7. The molecule has 120 valence electrons. The summed E-state index contributed by atoms with van der Waals surface area (Å²) in [6, 6.07) is 4.76. The van der Waals surface area contributed by atoms with E-state index in [1.54, 1.807) is 19.2 Å². The van der Waals surface area contributed by atoms with E-state index in [9.17, 15) is 4.39 Å². The summed E-state index contributed by atoms with van der Waals surface area (Å²) in [5, 5.41) is 6.48. The number of halogens is 3. The van der Waals surface area contributed by atoms with Gasteiger partial charge in [0.15, 0.2) is 5.96 Å². The lowest BCUT2D eigenvalue weighted by Crippen LogP contribution is -2.43. The van der Waals surface area contributed by atoms with Gasteiger partial charge in [-0.05, 0) is 31.5 Å². The van der Waals surface area contributed by atoms with Crippen molar-refractivity contribution >= 4 is 41.5 Å². The number of guanidine groups is 1. The first kappa shape index (κ1) is 20.4. The van der Waals surface area contributed by atoms with Crippen LogP contribution in [-0.4, -0.2) is 32.3 Å². The molecule has 0 aromatic heterocycles. The second kappa shape index (κ2) is 11.0. The summed E-state index contributed by atoms with van der Waals surface area (Å²) in [6.07, 6.45) is 0. The van der Waals surface area contributed by atoms with Gasteiger partial charge in [0.05, 0.1) is 18.2 Å². The lowest BCUT2D eigenvalue weighted by molar-refractivity contribution is 0.179. The van der Waals surface area contributed by atoms with Crippen molar-refractivity contribution in [3.8, 4) is 0 Å².